The van der Waals surface area contributed by atoms with Crippen LogP contribution in [0.2, 0.25) is 0 Å². The van der Waals surface area contributed by atoms with Gasteiger partial charge in [-0.2, -0.15) is 0 Å². The van der Waals surface area contributed by atoms with Crippen LogP contribution in [0.15, 0.2) is 29.2 Å². The zero-order valence-corrected chi connectivity index (χ0v) is 13.6. The molecule has 0 heterocycles. The Labute approximate surface area is 127 Å². The normalized spacial score (nSPS) is 22.7. The molecule has 0 radical (unpaired) electrons. The van der Waals surface area contributed by atoms with Gasteiger partial charge in [-0.25, -0.2) is 13.1 Å². The molecule has 2 N–H and O–H groups in total. The van der Waals surface area contributed by atoms with Crippen molar-refractivity contribution >= 4 is 15.7 Å². The van der Waals surface area contributed by atoms with E-state index in [9.17, 15) is 8.42 Å². The average Bonchev–Trinajstić information content (AvgIpc) is 2.85. The predicted molar refractivity (Wildman–Crippen MR) is 84.0 cm³/mol. The van der Waals surface area contributed by atoms with Gasteiger partial charge in [0.05, 0.1) is 11.0 Å². The van der Waals surface area contributed by atoms with Crippen molar-refractivity contribution in [3.63, 3.8) is 0 Å². The van der Waals surface area contributed by atoms with Crippen LogP contribution in [-0.4, -0.2) is 33.7 Å². The number of benzene rings is 1. The van der Waals surface area contributed by atoms with Crippen molar-refractivity contribution in [2.75, 3.05) is 12.4 Å². The third kappa shape index (κ3) is 4.43. The molecule has 0 bridgehead atoms. The van der Waals surface area contributed by atoms with Gasteiger partial charge >= 0.3 is 0 Å². The van der Waals surface area contributed by atoms with Crippen LogP contribution in [0.4, 0.5) is 5.69 Å². The molecule has 0 aromatic heterocycles. The summed E-state index contributed by atoms with van der Waals surface area (Å²) in [7, 11) is -1.67. The first kappa shape index (κ1) is 16.3. The van der Waals surface area contributed by atoms with Crippen LogP contribution in [0.1, 0.15) is 33.1 Å². The number of anilines is 1. The van der Waals surface area contributed by atoms with Crippen LogP contribution >= 0.6 is 0 Å². The Balaban J connectivity index is 1.99. The van der Waals surface area contributed by atoms with Crippen molar-refractivity contribution in [3.8, 4) is 0 Å². The Morgan fingerprint density at radius 1 is 1.19 bits per heavy atom. The smallest absolute Gasteiger partial charge is 0.240 e. The highest BCUT2D eigenvalue weighted by atomic mass is 32.2. The van der Waals surface area contributed by atoms with Gasteiger partial charge in [-0.15, -0.1) is 0 Å². The summed E-state index contributed by atoms with van der Waals surface area (Å²) in [4.78, 5) is 0.294. The van der Waals surface area contributed by atoms with E-state index in [2.05, 4.69) is 10.0 Å². The van der Waals surface area contributed by atoms with E-state index in [4.69, 9.17) is 4.74 Å². The fourth-order valence-electron chi connectivity index (χ4n) is 2.63. The maximum atomic E-state index is 12.0. The van der Waals surface area contributed by atoms with E-state index in [0.717, 1.165) is 24.9 Å². The van der Waals surface area contributed by atoms with E-state index in [0.29, 0.717) is 17.0 Å². The lowest BCUT2D eigenvalue weighted by atomic mass is 10.2. The van der Waals surface area contributed by atoms with Crippen molar-refractivity contribution in [2.24, 2.45) is 0 Å². The molecule has 1 aromatic rings. The maximum absolute atomic E-state index is 12.0. The van der Waals surface area contributed by atoms with Crippen LogP contribution in [0, 0.1) is 0 Å². The lowest BCUT2D eigenvalue weighted by molar-refractivity contribution is 0.108. The molecule has 21 heavy (non-hydrogen) atoms. The second-order valence-corrected chi connectivity index (χ2v) is 7.53. The summed E-state index contributed by atoms with van der Waals surface area (Å²) in [5, 5.41) is 3.43. The van der Waals surface area contributed by atoms with Crippen LogP contribution in [0.3, 0.4) is 0 Å². The maximum Gasteiger partial charge on any atom is 0.240 e. The van der Waals surface area contributed by atoms with Crippen molar-refractivity contribution in [1.82, 2.24) is 4.72 Å². The van der Waals surface area contributed by atoms with Gasteiger partial charge in [-0.1, -0.05) is 0 Å². The number of rotatable bonds is 6. The van der Waals surface area contributed by atoms with Crippen molar-refractivity contribution < 1.29 is 13.2 Å². The average molecular weight is 312 g/mol. The molecule has 2 unspecified atom stereocenters. The molecule has 1 aliphatic carbocycles. The van der Waals surface area contributed by atoms with E-state index >= 15 is 0 Å². The molecule has 6 heteroatoms. The standard InChI is InChI=1S/C15H24N2O3S/c1-11(2)17-21(18,19)15-8-5-12(6-9-15)16-13-4-7-14(10-13)20-3/h5-6,8-9,11,13-14,16-17H,4,7,10H2,1-3H3. The molecule has 1 aromatic carbocycles. The Kier molecular flexibility index (Phi) is 5.24. The van der Waals surface area contributed by atoms with Crippen LogP contribution < -0.4 is 10.0 Å². The fourth-order valence-corrected chi connectivity index (χ4v) is 3.88. The van der Waals surface area contributed by atoms with Crippen LogP contribution in [-0.2, 0) is 14.8 Å². The number of sulfonamides is 1. The van der Waals surface area contributed by atoms with Crippen molar-refractivity contribution in [3.05, 3.63) is 24.3 Å². The fraction of sp³-hybridized carbons (Fsp3) is 0.600. The van der Waals surface area contributed by atoms with E-state index < -0.39 is 10.0 Å². The molecular weight excluding hydrogens is 288 g/mol. The third-order valence-electron chi connectivity index (χ3n) is 3.64. The van der Waals surface area contributed by atoms with Crippen LogP contribution in [0.25, 0.3) is 0 Å². The molecule has 1 aliphatic rings. The van der Waals surface area contributed by atoms with E-state index in [-0.39, 0.29) is 6.04 Å². The molecule has 0 amide bonds. The quantitative estimate of drug-likeness (QED) is 0.846. The topological polar surface area (TPSA) is 67.4 Å². The van der Waals surface area contributed by atoms with E-state index in [1.807, 2.05) is 12.1 Å². The summed E-state index contributed by atoms with van der Waals surface area (Å²) in [6.07, 6.45) is 3.47. The number of hydrogen-bond acceptors (Lipinski definition) is 4. The summed E-state index contributed by atoms with van der Waals surface area (Å²) in [6, 6.07) is 7.18. The summed E-state index contributed by atoms with van der Waals surface area (Å²) in [5.41, 5.74) is 0.945. The zero-order chi connectivity index (χ0) is 15.5. The minimum Gasteiger partial charge on any atom is -0.382 e. The summed E-state index contributed by atoms with van der Waals surface area (Å²) in [5.74, 6) is 0. The molecule has 0 saturated heterocycles. The molecule has 1 fully saturated rings. The van der Waals surface area contributed by atoms with Gasteiger partial charge in [0, 0.05) is 24.9 Å². The first-order valence-corrected chi connectivity index (χ1v) is 8.81. The van der Waals surface area contributed by atoms with E-state index in [1.54, 1.807) is 33.1 Å². The van der Waals surface area contributed by atoms with Gasteiger partial charge in [0.1, 0.15) is 0 Å². The molecule has 5 nitrogen and oxygen atoms in total. The first-order chi connectivity index (χ1) is 9.90. The Morgan fingerprint density at radius 3 is 2.38 bits per heavy atom. The van der Waals surface area contributed by atoms with Gasteiger partial charge in [-0.05, 0) is 57.4 Å². The van der Waals surface area contributed by atoms with Crippen molar-refractivity contribution in [2.45, 2.75) is 56.2 Å². The SMILES string of the molecule is COC1CCC(Nc2ccc(S(=O)(=O)NC(C)C)cc2)C1. The second kappa shape index (κ2) is 6.77. The number of hydrogen-bond donors (Lipinski definition) is 2. The van der Waals surface area contributed by atoms with Gasteiger partial charge in [0.25, 0.3) is 0 Å². The van der Waals surface area contributed by atoms with Crippen molar-refractivity contribution in [1.29, 1.82) is 0 Å². The molecule has 2 atom stereocenters. The molecule has 0 aliphatic heterocycles. The highest BCUT2D eigenvalue weighted by molar-refractivity contribution is 7.89. The van der Waals surface area contributed by atoms with Gasteiger partial charge in [0.15, 0.2) is 0 Å². The Hall–Kier alpha value is -1.11. The molecule has 118 valence electrons. The summed E-state index contributed by atoms with van der Waals surface area (Å²) < 4.78 is 32.0. The number of methoxy groups -OCH3 is 1. The first-order valence-electron chi connectivity index (χ1n) is 7.32. The largest absolute Gasteiger partial charge is 0.382 e. The van der Waals surface area contributed by atoms with Gasteiger partial charge < -0.3 is 10.1 Å². The monoisotopic (exact) mass is 312 g/mol. The van der Waals surface area contributed by atoms with E-state index in [1.165, 1.54) is 0 Å². The van der Waals surface area contributed by atoms with Crippen LogP contribution in [0.5, 0.6) is 0 Å². The summed E-state index contributed by atoms with van der Waals surface area (Å²) in [6.45, 7) is 3.61. The minimum atomic E-state index is -3.41. The molecular formula is C15H24N2O3S. The Bertz CT molecular complexity index is 555. The molecule has 2 rings (SSSR count). The molecule has 0 spiro atoms. The zero-order valence-electron chi connectivity index (χ0n) is 12.8. The number of ether oxygens (including phenoxy) is 1. The Morgan fingerprint density at radius 2 is 1.86 bits per heavy atom. The lowest BCUT2D eigenvalue weighted by Gasteiger charge is -2.15. The summed E-state index contributed by atoms with van der Waals surface area (Å²) >= 11 is 0. The van der Waals surface area contributed by atoms with Gasteiger partial charge in [-0.3, -0.25) is 0 Å². The number of nitrogens with one attached hydrogen (secondary N) is 2. The van der Waals surface area contributed by atoms with Gasteiger partial charge in [0.2, 0.25) is 10.0 Å². The molecule has 1 saturated carbocycles. The highest BCUT2D eigenvalue weighted by Crippen LogP contribution is 2.25. The highest BCUT2D eigenvalue weighted by Gasteiger charge is 2.24. The third-order valence-corrected chi connectivity index (χ3v) is 5.32. The minimum absolute atomic E-state index is 0.114. The lowest BCUT2D eigenvalue weighted by Crippen LogP contribution is -2.30. The predicted octanol–water partition coefficient (Wildman–Crippen LogP) is 2.35. The second-order valence-electron chi connectivity index (χ2n) is 5.81.